The van der Waals surface area contributed by atoms with Crippen molar-refractivity contribution in [2.24, 2.45) is 4.99 Å². The zero-order chi connectivity index (χ0) is 25.8. The predicted molar refractivity (Wildman–Crippen MR) is 146 cm³/mol. The van der Waals surface area contributed by atoms with Crippen LogP contribution in [0.2, 0.25) is 0 Å². The Labute approximate surface area is 222 Å². The molecule has 1 amide bonds. The van der Waals surface area contributed by atoms with Crippen LogP contribution < -0.4 is 9.64 Å². The topological polar surface area (TPSA) is 79.3 Å². The van der Waals surface area contributed by atoms with Gasteiger partial charge in [-0.3, -0.25) is 19.3 Å². The molecule has 184 valence electrons. The molecule has 3 aliphatic rings. The van der Waals surface area contributed by atoms with Crippen molar-refractivity contribution in [1.29, 1.82) is 0 Å². The Bertz CT molecular complexity index is 1590. The predicted octanol–water partition coefficient (Wildman–Crippen LogP) is 5.46. The summed E-state index contributed by atoms with van der Waals surface area (Å²) in [6.45, 7) is 2.35. The van der Waals surface area contributed by atoms with Crippen molar-refractivity contribution >= 4 is 57.5 Å². The van der Waals surface area contributed by atoms with Gasteiger partial charge in [-0.2, -0.15) is 0 Å². The van der Waals surface area contributed by atoms with Gasteiger partial charge in [0, 0.05) is 46.8 Å². The number of benzene rings is 3. The Morgan fingerprint density at radius 1 is 0.865 bits per heavy atom. The van der Waals surface area contributed by atoms with Gasteiger partial charge in [-0.25, -0.2) is 4.99 Å². The molecule has 2 heterocycles. The third kappa shape index (κ3) is 3.69. The summed E-state index contributed by atoms with van der Waals surface area (Å²) in [5, 5.41) is 1.37. The van der Waals surface area contributed by atoms with E-state index in [-0.39, 0.29) is 17.5 Å². The summed E-state index contributed by atoms with van der Waals surface area (Å²) in [7, 11) is 3.56. The molecule has 0 radical (unpaired) electrons. The molecule has 1 aliphatic carbocycles. The number of ether oxygens (including phenoxy) is 1. The lowest BCUT2D eigenvalue weighted by molar-refractivity contribution is -0.122. The zero-order valence-corrected chi connectivity index (χ0v) is 21.9. The molecular weight excluding hydrogens is 506 g/mol. The van der Waals surface area contributed by atoms with Crippen LogP contribution in [-0.2, 0) is 4.79 Å². The maximum absolute atomic E-state index is 13.4. The molecule has 0 spiro atoms. The average molecular weight is 528 g/mol. The highest BCUT2D eigenvalue weighted by atomic mass is 32.2. The summed E-state index contributed by atoms with van der Waals surface area (Å²) in [4.78, 5) is 49.5. The minimum absolute atomic E-state index is 0.112. The highest BCUT2D eigenvalue weighted by Gasteiger charge is 2.39. The molecule has 0 bridgehead atoms. The third-order valence-corrected chi connectivity index (χ3v) is 8.98. The number of amides is 1. The van der Waals surface area contributed by atoms with Crippen LogP contribution in [0.15, 0.2) is 80.5 Å². The Balaban J connectivity index is 1.36. The van der Waals surface area contributed by atoms with Gasteiger partial charge in [0.2, 0.25) is 0 Å². The number of carbonyl (C=O) groups excluding carboxylic acids is 3. The number of methoxy groups -OCH3 is 1. The molecule has 37 heavy (non-hydrogen) atoms. The molecule has 0 N–H and O–H groups in total. The van der Waals surface area contributed by atoms with E-state index in [9.17, 15) is 14.4 Å². The molecule has 1 saturated heterocycles. The van der Waals surface area contributed by atoms with Crippen LogP contribution in [0.3, 0.4) is 0 Å². The molecule has 0 aromatic heterocycles. The lowest BCUT2D eigenvalue weighted by Gasteiger charge is -2.17. The van der Waals surface area contributed by atoms with Crippen molar-refractivity contribution in [3.63, 3.8) is 0 Å². The first-order valence-corrected chi connectivity index (χ1v) is 13.3. The molecule has 9 heteroatoms. The van der Waals surface area contributed by atoms with Gasteiger partial charge < -0.3 is 9.64 Å². The smallest absolute Gasteiger partial charge is 0.269 e. The standard InChI is InChI=1S/C28H21N3O4S2/c1-4-31-26(34)25(27-30(2)21-14-16(35-3)10-12-22(21)36-27)37-28(31)29-15-9-11-19-20(13-15)24(33)18-8-6-5-7-17(18)23(19)32/h5-14H,4H2,1-3H3. The van der Waals surface area contributed by atoms with Gasteiger partial charge in [-0.15, -0.1) is 0 Å². The van der Waals surface area contributed by atoms with E-state index in [1.165, 1.54) is 11.8 Å². The highest BCUT2D eigenvalue weighted by molar-refractivity contribution is 8.19. The number of thioether (sulfide) groups is 2. The number of hydrogen-bond acceptors (Lipinski definition) is 8. The van der Waals surface area contributed by atoms with E-state index in [0.717, 1.165) is 21.4 Å². The monoisotopic (exact) mass is 527 g/mol. The second-order valence-corrected chi connectivity index (χ2v) is 10.6. The van der Waals surface area contributed by atoms with Gasteiger partial charge in [0.1, 0.15) is 10.7 Å². The molecular formula is C28H21N3O4S2. The maximum atomic E-state index is 13.4. The summed E-state index contributed by atoms with van der Waals surface area (Å²) < 4.78 is 5.36. The molecule has 2 aliphatic heterocycles. The van der Waals surface area contributed by atoms with Crippen LogP contribution in [0, 0.1) is 0 Å². The van der Waals surface area contributed by atoms with E-state index in [4.69, 9.17) is 9.73 Å². The summed E-state index contributed by atoms with van der Waals surface area (Å²) in [5.74, 6) is 0.270. The van der Waals surface area contributed by atoms with Crippen LogP contribution >= 0.6 is 23.5 Å². The Kier molecular flexibility index (Phi) is 5.69. The van der Waals surface area contributed by atoms with Crippen LogP contribution in [0.5, 0.6) is 5.75 Å². The third-order valence-electron chi connectivity index (χ3n) is 6.55. The van der Waals surface area contributed by atoms with Gasteiger partial charge in [0.25, 0.3) is 5.91 Å². The molecule has 0 saturated carbocycles. The van der Waals surface area contributed by atoms with Crippen molar-refractivity contribution in [2.45, 2.75) is 11.8 Å². The summed E-state index contributed by atoms with van der Waals surface area (Å²) in [6, 6.07) is 17.7. The largest absolute Gasteiger partial charge is 0.497 e. The number of likely N-dealkylation sites (N-methyl/N-ethyl adjacent to an activating group) is 1. The Morgan fingerprint density at radius 3 is 2.27 bits per heavy atom. The van der Waals surface area contributed by atoms with Crippen molar-refractivity contribution in [2.75, 3.05) is 25.6 Å². The van der Waals surface area contributed by atoms with Crippen LogP contribution in [-0.4, -0.2) is 48.2 Å². The number of aliphatic imine (C=N–C) groups is 1. The van der Waals surface area contributed by atoms with Gasteiger partial charge in [-0.05, 0) is 49.0 Å². The number of rotatable bonds is 3. The van der Waals surface area contributed by atoms with E-state index in [0.29, 0.717) is 44.6 Å². The van der Waals surface area contributed by atoms with Gasteiger partial charge >= 0.3 is 0 Å². The quantitative estimate of drug-likeness (QED) is 0.327. The first-order chi connectivity index (χ1) is 17.9. The first kappa shape index (κ1) is 23.6. The fraction of sp³-hybridized carbons (Fsp3) is 0.143. The minimum atomic E-state index is -0.199. The van der Waals surface area contributed by atoms with Gasteiger partial charge in [0.05, 0.1) is 23.5 Å². The van der Waals surface area contributed by atoms with Gasteiger partial charge in [0.15, 0.2) is 16.7 Å². The number of amidine groups is 1. The van der Waals surface area contributed by atoms with Crippen LogP contribution in [0.4, 0.5) is 11.4 Å². The zero-order valence-electron chi connectivity index (χ0n) is 20.3. The number of ketones is 2. The lowest BCUT2D eigenvalue weighted by Crippen LogP contribution is -2.29. The number of anilines is 1. The lowest BCUT2D eigenvalue weighted by atomic mass is 9.84. The molecule has 3 aromatic carbocycles. The molecule has 0 atom stereocenters. The molecule has 1 fully saturated rings. The molecule has 0 unspecified atom stereocenters. The van der Waals surface area contributed by atoms with E-state index >= 15 is 0 Å². The van der Waals surface area contributed by atoms with Crippen molar-refractivity contribution in [1.82, 2.24) is 4.90 Å². The number of hydrogen-bond donors (Lipinski definition) is 0. The second-order valence-electron chi connectivity index (χ2n) is 8.61. The number of carbonyl (C=O) groups is 3. The van der Waals surface area contributed by atoms with Gasteiger partial charge in [-0.1, -0.05) is 36.0 Å². The SMILES string of the molecule is CCN1C(=O)C(=C2Sc3ccc(OC)cc3N2C)SC1=Nc1ccc2c(c1)C(=O)c1ccccc1C2=O. The molecule has 6 rings (SSSR count). The molecule has 7 nitrogen and oxygen atoms in total. The highest BCUT2D eigenvalue weighted by Crippen LogP contribution is 2.51. The average Bonchev–Trinajstić information content (AvgIpc) is 3.41. The van der Waals surface area contributed by atoms with E-state index in [2.05, 4.69) is 0 Å². The summed E-state index contributed by atoms with van der Waals surface area (Å²) >= 11 is 2.86. The van der Waals surface area contributed by atoms with Crippen molar-refractivity contribution in [3.8, 4) is 5.75 Å². The van der Waals surface area contributed by atoms with E-state index < -0.39 is 0 Å². The summed E-state index contributed by atoms with van der Waals surface area (Å²) in [6.07, 6.45) is 0. The maximum Gasteiger partial charge on any atom is 0.269 e. The molecule has 3 aromatic rings. The Morgan fingerprint density at radius 2 is 1.57 bits per heavy atom. The van der Waals surface area contributed by atoms with Crippen LogP contribution in [0.1, 0.15) is 38.8 Å². The normalized spacial score (nSPS) is 19.4. The minimum Gasteiger partial charge on any atom is -0.497 e. The fourth-order valence-electron chi connectivity index (χ4n) is 4.62. The fourth-order valence-corrected chi connectivity index (χ4v) is 7.00. The van der Waals surface area contributed by atoms with Crippen molar-refractivity contribution < 1.29 is 19.1 Å². The van der Waals surface area contributed by atoms with Crippen LogP contribution in [0.25, 0.3) is 0 Å². The van der Waals surface area contributed by atoms with Crippen molar-refractivity contribution in [3.05, 3.63) is 92.9 Å². The van der Waals surface area contributed by atoms with E-state index in [1.807, 2.05) is 37.1 Å². The second kappa shape index (κ2) is 8.93. The number of nitrogens with zero attached hydrogens (tertiary/aromatic N) is 3. The Hall–Kier alpha value is -3.82. The number of fused-ring (bicyclic) bond motifs is 3. The first-order valence-electron chi connectivity index (χ1n) is 11.7. The summed E-state index contributed by atoms with van der Waals surface area (Å²) in [5.41, 5.74) is 3.01. The van der Waals surface area contributed by atoms with E-state index in [1.54, 1.807) is 66.2 Å².